The van der Waals surface area contributed by atoms with Crippen LogP contribution in [0.2, 0.25) is 0 Å². The molecule has 0 fully saturated rings. The summed E-state index contributed by atoms with van der Waals surface area (Å²) in [5.74, 6) is -0.858. The molecule has 0 heterocycles. The van der Waals surface area contributed by atoms with Crippen LogP contribution in [0.25, 0.3) is 0 Å². The highest BCUT2D eigenvalue weighted by Gasteiger charge is 2.19. The molecule has 0 N–H and O–H groups in total. The molecule has 0 aliphatic carbocycles. The van der Waals surface area contributed by atoms with Crippen molar-refractivity contribution in [3.05, 3.63) is 60.8 Å². The summed E-state index contributed by atoms with van der Waals surface area (Å²) < 4.78 is 16.8. The number of ether oxygens (including phenoxy) is 3. The first-order valence-corrected chi connectivity index (χ1v) is 33.3. The molecule has 76 heavy (non-hydrogen) atoms. The largest absolute Gasteiger partial charge is 0.462 e. The molecule has 0 bridgehead atoms. The van der Waals surface area contributed by atoms with Crippen molar-refractivity contribution in [2.45, 2.75) is 354 Å². The minimum Gasteiger partial charge on any atom is -0.462 e. The third-order valence-corrected chi connectivity index (χ3v) is 14.8. The van der Waals surface area contributed by atoms with E-state index in [0.29, 0.717) is 19.3 Å². The summed E-state index contributed by atoms with van der Waals surface area (Å²) in [6.45, 7) is 6.52. The Kier molecular flexibility index (Phi) is 62.2. The Balaban J connectivity index is 4.00. The number of rotatable bonds is 61. The van der Waals surface area contributed by atoms with E-state index < -0.39 is 6.10 Å². The Morgan fingerprint density at radius 3 is 0.803 bits per heavy atom. The minimum absolute atomic E-state index is 0.0688. The molecule has 0 radical (unpaired) electrons. The van der Waals surface area contributed by atoms with Crippen molar-refractivity contribution in [1.29, 1.82) is 0 Å². The van der Waals surface area contributed by atoms with Crippen molar-refractivity contribution in [2.75, 3.05) is 13.2 Å². The third-order valence-electron chi connectivity index (χ3n) is 14.8. The summed E-state index contributed by atoms with van der Waals surface area (Å²) in [7, 11) is 0. The molecule has 0 saturated carbocycles. The molecule has 0 aromatic carbocycles. The second-order valence-electron chi connectivity index (χ2n) is 22.4. The van der Waals surface area contributed by atoms with Crippen molar-refractivity contribution in [3.63, 3.8) is 0 Å². The predicted molar refractivity (Wildman–Crippen MR) is 330 cm³/mol. The smallest absolute Gasteiger partial charge is 0.306 e. The fourth-order valence-corrected chi connectivity index (χ4v) is 9.83. The van der Waals surface area contributed by atoms with Crippen LogP contribution in [0.3, 0.4) is 0 Å². The van der Waals surface area contributed by atoms with Crippen molar-refractivity contribution in [3.8, 4) is 0 Å². The molecule has 442 valence electrons. The Morgan fingerprint density at radius 2 is 0.513 bits per heavy atom. The van der Waals surface area contributed by atoms with Crippen molar-refractivity contribution in [1.82, 2.24) is 0 Å². The molecule has 1 atom stereocenters. The molecular weight excluding hydrogens is 937 g/mol. The summed E-state index contributed by atoms with van der Waals surface area (Å²) >= 11 is 0. The van der Waals surface area contributed by atoms with Gasteiger partial charge in [-0.3, -0.25) is 14.4 Å². The van der Waals surface area contributed by atoms with E-state index in [1.165, 1.54) is 218 Å². The van der Waals surface area contributed by atoms with Gasteiger partial charge in [0.15, 0.2) is 6.10 Å². The van der Waals surface area contributed by atoms with E-state index >= 15 is 0 Å². The van der Waals surface area contributed by atoms with Gasteiger partial charge in [-0.1, -0.05) is 326 Å². The summed E-state index contributed by atoms with van der Waals surface area (Å²) in [6, 6.07) is 0. The SMILES string of the molecule is CC/C=C\C/C=C\C/C=C\C/C=C\C/C=C\CCCCCCCCCCCCCCCCCC(=O)OCC(COC(=O)CCCCCCCC)OC(=O)CCCCCCCCCCCCCCCCCCCCCCC. The van der Waals surface area contributed by atoms with Gasteiger partial charge in [-0.2, -0.15) is 0 Å². The van der Waals surface area contributed by atoms with Gasteiger partial charge in [-0.15, -0.1) is 0 Å². The maximum Gasteiger partial charge on any atom is 0.306 e. The Morgan fingerprint density at radius 1 is 0.276 bits per heavy atom. The maximum atomic E-state index is 12.9. The summed E-state index contributed by atoms with van der Waals surface area (Å²) in [6.07, 6.45) is 82.8. The van der Waals surface area contributed by atoms with Crippen LogP contribution in [0.4, 0.5) is 0 Å². The zero-order valence-corrected chi connectivity index (χ0v) is 50.8. The fraction of sp³-hybridized carbons (Fsp3) is 0.814. The number of hydrogen-bond acceptors (Lipinski definition) is 6. The lowest BCUT2D eigenvalue weighted by Gasteiger charge is -2.18. The quantitative estimate of drug-likeness (QED) is 0.0261. The maximum absolute atomic E-state index is 12.9. The molecule has 0 aromatic rings. The molecule has 1 unspecified atom stereocenters. The minimum atomic E-state index is -0.768. The van der Waals surface area contributed by atoms with Gasteiger partial charge in [0.05, 0.1) is 0 Å². The number of carbonyl (C=O) groups is 3. The molecule has 0 amide bonds. The van der Waals surface area contributed by atoms with Gasteiger partial charge in [0.25, 0.3) is 0 Å². The predicted octanol–water partition coefficient (Wildman–Crippen LogP) is 22.7. The Bertz CT molecular complexity index is 1360. The molecular formula is C70H126O6. The molecule has 0 saturated heterocycles. The van der Waals surface area contributed by atoms with Gasteiger partial charge in [-0.25, -0.2) is 0 Å². The molecule has 6 heteroatoms. The van der Waals surface area contributed by atoms with Gasteiger partial charge < -0.3 is 14.2 Å². The zero-order chi connectivity index (χ0) is 55.0. The Labute approximate surface area is 472 Å². The highest BCUT2D eigenvalue weighted by molar-refractivity contribution is 5.71. The van der Waals surface area contributed by atoms with Gasteiger partial charge in [0.2, 0.25) is 0 Å². The molecule has 0 aliphatic heterocycles. The number of unbranched alkanes of at least 4 members (excludes halogenated alkanes) is 40. The van der Waals surface area contributed by atoms with Gasteiger partial charge in [-0.05, 0) is 64.2 Å². The van der Waals surface area contributed by atoms with Gasteiger partial charge in [0.1, 0.15) is 13.2 Å². The second kappa shape index (κ2) is 64.6. The standard InChI is InChI=1S/C70H126O6/c1-4-7-10-13-16-18-20-22-24-26-28-30-31-32-33-34-35-36-37-38-39-41-42-44-46-48-50-52-54-57-60-63-69(72)75-66-67(65-74-68(71)62-59-56-15-12-9-6-3)76-70(73)64-61-58-55-53-51-49-47-45-43-40-29-27-25-23-21-19-17-14-11-8-5-2/h7,10,16,18,22,24,28,30,32-33,67H,4-6,8-9,11-15,17,19-21,23,25-27,29,31,34-66H2,1-3H3/b10-7-,18-16-,24-22-,30-28-,33-32-. The number of carbonyl (C=O) groups excluding carboxylic acids is 3. The number of hydrogen-bond donors (Lipinski definition) is 0. The van der Waals surface area contributed by atoms with Crippen LogP contribution in [-0.2, 0) is 28.6 Å². The average Bonchev–Trinajstić information content (AvgIpc) is 3.42. The molecule has 6 nitrogen and oxygen atoms in total. The lowest BCUT2D eigenvalue weighted by Crippen LogP contribution is -2.30. The zero-order valence-electron chi connectivity index (χ0n) is 50.8. The first-order chi connectivity index (χ1) is 37.5. The van der Waals surface area contributed by atoms with E-state index in [2.05, 4.69) is 81.5 Å². The summed E-state index contributed by atoms with van der Waals surface area (Å²) in [4.78, 5) is 38.0. The second-order valence-corrected chi connectivity index (χ2v) is 22.4. The highest BCUT2D eigenvalue weighted by Crippen LogP contribution is 2.18. The average molecular weight is 1060 g/mol. The van der Waals surface area contributed by atoms with Crippen molar-refractivity contribution < 1.29 is 28.6 Å². The molecule has 0 rings (SSSR count). The third kappa shape index (κ3) is 62.0. The van der Waals surface area contributed by atoms with Crippen LogP contribution in [0.5, 0.6) is 0 Å². The van der Waals surface area contributed by atoms with E-state index in [1.807, 2.05) is 0 Å². The van der Waals surface area contributed by atoms with Crippen LogP contribution < -0.4 is 0 Å². The van der Waals surface area contributed by atoms with E-state index in [4.69, 9.17) is 14.2 Å². The van der Waals surface area contributed by atoms with Crippen LogP contribution in [0.1, 0.15) is 348 Å². The van der Waals surface area contributed by atoms with E-state index in [9.17, 15) is 14.4 Å². The van der Waals surface area contributed by atoms with E-state index in [-0.39, 0.29) is 31.1 Å². The normalized spacial score (nSPS) is 12.4. The molecule has 0 aliphatic rings. The Hall–Kier alpha value is -2.89. The van der Waals surface area contributed by atoms with Crippen LogP contribution in [0, 0.1) is 0 Å². The molecule has 0 aromatic heterocycles. The van der Waals surface area contributed by atoms with E-state index in [0.717, 1.165) is 89.9 Å². The molecule has 0 spiro atoms. The summed E-state index contributed by atoms with van der Waals surface area (Å²) in [5, 5.41) is 0. The highest BCUT2D eigenvalue weighted by atomic mass is 16.6. The lowest BCUT2D eigenvalue weighted by atomic mass is 10.0. The topological polar surface area (TPSA) is 78.9 Å². The van der Waals surface area contributed by atoms with E-state index in [1.54, 1.807) is 0 Å². The van der Waals surface area contributed by atoms with Gasteiger partial charge in [0, 0.05) is 19.3 Å². The van der Waals surface area contributed by atoms with Crippen molar-refractivity contribution in [2.24, 2.45) is 0 Å². The van der Waals surface area contributed by atoms with Crippen LogP contribution in [-0.4, -0.2) is 37.2 Å². The van der Waals surface area contributed by atoms with Gasteiger partial charge >= 0.3 is 17.9 Å². The van der Waals surface area contributed by atoms with Crippen LogP contribution >= 0.6 is 0 Å². The number of allylic oxidation sites excluding steroid dienone is 10. The monoisotopic (exact) mass is 1060 g/mol. The lowest BCUT2D eigenvalue weighted by molar-refractivity contribution is -0.167. The summed E-state index contributed by atoms with van der Waals surface area (Å²) in [5.41, 5.74) is 0. The van der Waals surface area contributed by atoms with Crippen LogP contribution in [0.15, 0.2) is 60.8 Å². The first-order valence-electron chi connectivity index (χ1n) is 33.3. The fourth-order valence-electron chi connectivity index (χ4n) is 9.83. The first kappa shape index (κ1) is 73.1. The van der Waals surface area contributed by atoms with Crippen molar-refractivity contribution >= 4 is 17.9 Å². The number of esters is 3.